The molecule has 0 aliphatic heterocycles. The van der Waals surface area contributed by atoms with Gasteiger partial charge >= 0.3 is 6.36 Å². The summed E-state index contributed by atoms with van der Waals surface area (Å²) in [6.45, 7) is 7.32. The first-order valence-electron chi connectivity index (χ1n) is 9.92. The summed E-state index contributed by atoms with van der Waals surface area (Å²) in [4.78, 5) is 14.1. The standard InChI is InChI=1S/C19H26F3N5O4S/c1-3-26(4-2)11-12-27-14-15(13-23-27)25-18(28)9-10-24-32(29,30)17-7-5-16(6-8-17)31-19(20,21)22/h5-8,13-14,24H,3-4,9-12H2,1-2H3,(H,25,28). The van der Waals surface area contributed by atoms with Crippen LogP contribution < -0.4 is 14.8 Å². The Morgan fingerprint density at radius 1 is 1.19 bits per heavy atom. The minimum Gasteiger partial charge on any atom is -0.406 e. The van der Waals surface area contributed by atoms with Crippen LogP contribution in [0, 0.1) is 0 Å². The average Bonchev–Trinajstić information content (AvgIpc) is 3.15. The van der Waals surface area contributed by atoms with Crippen molar-refractivity contribution in [1.82, 2.24) is 19.4 Å². The Bertz CT molecular complexity index is 974. The largest absolute Gasteiger partial charge is 0.573 e. The number of rotatable bonds is 12. The second-order valence-corrected chi connectivity index (χ2v) is 8.50. The van der Waals surface area contributed by atoms with Gasteiger partial charge in [-0.15, -0.1) is 13.2 Å². The highest BCUT2D eigenvalue weighted by atomic mass is 32.2. The van der Waals surface area contributed by atoms with Gasteiger partial charge in [0, 0.05) is 25.7 Å². The first kappa shape index (κ1) is 25.6. The summed E-state index contributed by atoms with van der Waals surface area (Å²) in [5.41, 5.74) is 0.498. The van der Waals surface area contributed by atoms with Gasteiger partial charge in [-0.1, -0.05) is 13.8 Å². The third kappa shape index (κ3) is 8.48. The molecule has 0 aliphatic rings. The molecule has 32 heavy (non-hydrogen) atoms. The van der Waals surface area contributed by atoms with E-state index in [1.165, 1.54) is 6.20 Å². The number of anilines is 1. The first-order chi connectivity index (χ1) is 15.0. The first-order valence-corrected chi connectivity index (χ1v) is 11.4. The van der Waals surface area contributed by atoms with Gasteiger partial charge in [0.15, 0.2) is 0 Å². The molecule has 0 saturated heterocycles. The van der Waals surface area contributed by atoms with Gasteiger partial charge in [-0.2, -0.15) is 5.10 Å². The summed E-state index contributed by atoms with van der Waals surface area (Å²) in [6.07, 6.45) is -1.81. The molecule has 2 rings (SSSR count). The van der Waals surface area contributed by atoms with Crippen LogP contribution >= 0.6 is 0 Å². The van der Waals surface area contributed by atoms with E-state index in [0.29, 0.717) is 12.2 Å². The topological polar surface area (TPSA) is 106 Å². The molecule has 0 spiro atoms. The second-order valence-electron chi connectivity index (χ2n) is 6.73. The summed E-state index contributed by atoms with van der Waals surface area (Å²) in [5.74, 6) is -0.946. The van der Waals surface area contributed by atoms with Crippen LogP contribution in [0.15, 0.2) is 41.6 Å². The smallest absolute Gasteiger partial charge is 0.406 e. The summed E-state index contributed by atoms with van der Waals surface area (Å²) >= 11 is 0. The molecule has 13 heteroatoms. The number of nitrogens with one attached hydrogen (secondary N) is 2. The van der Waals surface area contributed by atoms with E-state index < -0.39 is 28.0 Å². The summed E-state index contributed by atoms with van der Waals surface area (Å²) in [6, 6.07) is 3.76. The van der Waals surface area contributed by atoms with Crippen molar-refractivity contribution < 1.29 is 31.1 Å². The van der Waals surface area contributed by atoms with E-state index in [4.69, 9.17) is 0 Å². The fourth-order valence-electron chi connectivity index (χ4n) is 2.76. The highest BCUT2D eigenvalue weighted by molar-refractivity contribution is 7.89. The fraction of sp³-hybridized carbons (Fsp3) is 0.474. The van der Waals surface area contributed by atoms with Crippen LogP contribution in [0.25, 0.3) is 0 Å². The van der Waals surface area contributed by atoms with Crippen molar-refractivity contribution in [2.45, 2.75) is 38.1 Å². The number of likely N-dealkylation sites (N-methyl/N-ethyl adjacent to an activating group) is 1. The molecule has 0 radical (unpaired) electrons. The zero-order chi connectivity index (χ0) is 23.8. The summed E-state index contributed by atoms with van der Waals surface area (Å²) in [5, 5.41) is 6.82. The van der Waals surface area contributed by atoms with Gasteiger partial charge in [0.2, 0.25) is 15.9 Å². The molecule has 1 amide bonds. The third-order valence-corrected chi connectivity index (χ3v) is 5.95. The predicted octanol–water partition coefficient (Wildman–Crippen LogP) is 2.43. The van der Waals surface area contributed by atoms with Crippen LogP contribution in [-0.2, 0) is 21.4 Å². The Labute approximate surface area is 184 Å². The highest BCUT2D eigenvalue weighted by Gasteiger charge is 2.31. The number of hydrogen-bond donors (Lipinski definition) is 2. The minimum absolute atomic E-state index is 0.140. The number of carbonyl (C=O) groups is 1. The number of sulfonamides is 1. The summed E-state index contributed by atoms with van der Waals surface area (Å²) < 4.78 is 68.6. The molecular weight excluding hydrogens is 451 g/mol. The molecule has 1 heterocycles. The molecule has 9 nitrogen and oxygen atoms in total. The van der Waals surface area contributed by atoms with Crippen LogP contribution in [0.3, 0.4) is 0 Å². The molecule has 0 atom stereocenters. The van der Waals surface area contributed by atoms with Crippen LogP contribution in [0.2, 0.25) is 0 Å². The van der Waals surface area contributed by atoms with Crippen molar-refractivity contribution in [3.63, 3.8) is 0 Å². The van der Waals surface area contributed by atoms with Gasteiger partial charge in [-0.3, -0.25) is 9.48 Å². The van der Waals surface area contributed by atoms with Gasteiger partial charge in [0.1, 0.15) is 5.75 Å². The van der Waals surface area contributed by atoms with E-state index in [9.17, 15) is 26.4 Å². The number of amides is 1. The molecule has 2 aromatic rings. The number of hydrogen-bond acceptors (Lipinski definition) is 6. The van der Waals surface area contributed by atoms with E-state index in [1.54, 1.807) is 10.9 Å². The SMILES string of the molecule is CCN(CC)CCn1cc(NC(=O)CCNS(=O)(=O)c2ccc(OC(F)(F)F)cc2)cn1. The normalized spacial score (nSPS) is 12.2. The number of alkyl halides is 3. The zero-order valence-corrected chi connectivity index (χ0v) is 18.5. The molecule has 178 valence electrons. The minimum atomic E-state index is -4.87. The van der Waals surface area contributed by atoms with Gasteiger partial charge < -0.3 is 15.0 Å². The van der Waals surface area contributed by atoms with E-state index in [-0.39, 0.29) is 17.9 Å². The Morgan fingerprint density at radius 3 is 2.44 bits per heavy atom. The number of nitrogens with zero attached hydrogens (tertiary/aromatic N) is 3. The maximum absolute atomic E-state index is 12.2. The van der Waals surface area contributed by atoms with Gasteiger partial charge in [0.05, 0.1) is 23.3 Å². The number of carbonyl (C=O) groups excluding carboxylic acids is 1. The molecule has 2 N–H and O–H groups in total. The van der Waals surface area contributed by atoms with E-state index >= 15 is 0 Å². The van der Waals surface area contributed by atoms with Gasteiger partial charge in [-0.05, 0) is 37.4 Å². The van der Waals surface area contributed by atoms with Crippen molar-refractivity contribution >= 4 is 21.6 Å². The number of benzene rings is 1. The Balaban J connectivity index is 1.80. The van der Waals surface area contributed by atoms with E-state index in [1.807, 2.05) is 0 Å². The van der Waals surface area contributed by atoms with Crippen LogP contribution in [0.5, 0.6) is 5.75 Å². The Kier molecular flexibility index (Phi) is 9.04. The monoisotopic (exact) mass is 477 g/mol. The van der Waals surface area contributed by atoms with Gasteiger partial charge in [0.25, 0.3) is 0 Å². The molecular formula is C19H26F3N5O4S. The maximum atomic E-state index is 12.2. The molecule has 0 fully saturated rings. The van der Waals surface area contributed by atoms with Crippen molar-refractivity contribution in [3.05, 3.63) is 36.7 Å². The summed E-state index contributed by atoms with van der Waals surface area (Å²) in [7, 11) is -3.99. The highest BCUT2D eigenvalue weighted by Crippen LogP contribution is 2.23. The lowest BCUT2D eigenvalue weighted by Crippen LogP contribution is -2.28. The lowest BCUT2D eigenvalue weighted by Gasteiger charge is -2.17. The Hall–Kier alpha value is -2.64. The molecule has 1 aromatic heterocycles. The molecule has 0 unspecified atom stereocenters. The number of aromatic nitrogens is 2. The van der Waals surface area contributed by atoms with Crippen molar-refractivity contribution in [2.24, 2.45) is 0 Å². The quantitative estimate of drug-likeness (QED) is 0.487. The molecule has 0 saturated carbocycles. The van der Waals surface area contributed by atoms with E-state index in [2.05, 4.69) is 38.6 Å². The fourth-order valence-corrected chi connectivity index (χ4v) is 3.79. The van der Waals surface area contributed by atoms with Crippen LogP contribution in [0.1, 0.15) is 20.3 Å². The third-order valence-electron chi connectivity index (χ3n) is 4.47. The van der Waals surface area contributed by atoms with Crippen LogP contribution in [-0.4, -0.2) is 61.5 Å². The molecule has 0 aliphatic carbocycles. The predicted molar refractivity (Wildman–Crippen MR) is 112 cm³/mol. The number of halogens is 3. The van der Waals surface area contributed by atoms with E-state index in [0.717, 1.165) is 43.9 Å². The average molecular weight is 478 g/mol. The molecule has 0 bridgehead atoms. The van der Waals surface area contributed by atoms with Gasteiger partial charge in [-0.25, -0.2) is 13.1 Å². The lowest BCUT2D eigenvalue weighted by molar-refractivity contribution is -0.274. The number of ether oxygens (including phenoxy) is 1. The van der Waals surface area contributed by atoms with Crippen LogP contribution in [0.4, 0.5) is 18.9 Å². The Morgan fingerprint density at radius 2 is 1.84 bits per heavy atom. The maximum Gasteiger partial charge on any atom is 0.573 e. The van der Waals surface area contributed by atoms with Crippen molar-refractivity contribution in [2.75, 3.05) is 31.5 Å². The molecule has 1 aromatic carbocycles. The van der Waals surface area contributed by atoms with Crippen molar-refractivity contribution in [3.8, 4) is 5.75 Å². The lowest BCUT2D eigenvalue weighted by atomic mass is 10.3. The zero-order valence-electron chi connectivity index (χ0n) is 17.7. The second kappa shape index (κ2) is 11.3. The van der Waals surface area contributed by atoms with Crippen molar-refractivity contribution in [1.29, 1.82) is 0 Å².